The summed E-state index contributed by atoms with van der Waals surface area (Å²) in [5.74, 6) is -0.0988. The zero-order chi connectivity index (χ0) is 14.8. The molecule has 0 saturated heterocycles. The highest BCUT2D eigenvalue weighted by Crippen LogP contribution is 2.11. The molecule has 0 radical (unpaired) electrons. The zero-order valence-corrected chi connectivity index (χ0v) is 12.4. The van der Waals surface area contributed by atoms with E-state index in [4.69, 9.17) is 0 Å². The fourth-order valence-electron chi connectivity index (χ4n) is 2.36. The summed E-state index contributed by atoms with van der Waals surface area (Å²) in [7, 11) is 1.76. The zero-order valence-electron chi connectivity index (χ0n) is 11.6. The van der Waals surface area contributed by atoms with Crippen molar-refractivity contribution in [1.82, 2.24) is 14.5 Å². The number of fused-ring (bicyclic) bond motifs is 1. The Morgan fingerprint density at radius 2 is 1.95 bits per heavy atom. The summed E-state index contributed by atoms with van der Waals surface area (Å²) in [5, 5.41) is 4.70. The molecule has 0 aliphatic heterocycles. The van der Waals surface area contributed by atoms with Crippen LogP contribution in [0.1, 0.15) is 9.67 Å². The number of para-hydroxylation sites is 2. The first kappa shape index (κ1) is 13.6. The van der Waals surface area contributed by atoms with Crippen molar-refractivity contribution in [3.05, 3.63) is 57.1 Å². The maximum atomic E-state index is 12.2. The van der Waals surface area contributed by atoms with E-state index in [2.05, 4.69) is 5.32 Å². The van der Waals surface area contributed by atoms with Crippen molar-refractivity contribution in [1.29, 1.82) is 0 Å². The van der Waals surface area contributed by atoms with E-state index in [9.17, 15) is 9.59 Å². The van der Waals surface area contributed by atoms with Gasteiger partial charge in [0.1, 0.15) is 0 Å². The Balaban J connectivity index is 1.76. The lowest BCUT2D eigenvalue weighted by atomic mass is 10.3. The van der Waals surface area contributed by atoms with Crippen molar-refractivity contribution in [2.45, 2.75) is 6.54 Å². The molecule has 0 aliphatic carbocycles. The van der Waals surface area contributed by atoms with Crippen LogP contribution in [0.4, 0.5) is 0 Å². The topological polar surface area (TPSA) is 56.0 Å². The van der Waals surface area contributed by atoms with Crippen LogP contribution in [0.25, 0.3) is 11.0 Å². The van der Waals surface area contributed by atoms with Gasteiger partial charge in [0.15, 0.2) is 0 Å². The van der Waals surface area contributed by atoms with Gasteiger partial charge in [0, 0.05) is 20.1 Å². The largest absolute Gasteiger partial charge is 0.350 e. The number of imidazole rings is 1. The number of aryl methyl sites for hydroxylation is 1. The van der Waals surface area contributed by atoms with Gasteiger partial charge >= 0.3 is 5.69 Å². The predicted molar refractivity (Wildman–Crippen MR) is 83.8 cm³/mol. The van der Waals surface area contributed by atoms with Gasteiger partial charge in [-0.2, -0.15) is 0 Å². The summed E-state index contributed by atoms with van der Waals surface area (Å²) in [5.41, 5.74) is 1.71. The summed E-state index contributed by atoms with van der Waals surface area (Å²) in [6.07, 6.45) is 0. The molecule has 0 bridgehead atoms. The monoisotopic (exact) mass is 301 g/mol. The molecule has 2 heterocycles. The van der Waals surface area contributed by atoms with Gasteiger partial charge in [0.05, 0.1) is 15.9 Å². The van der Waals surface area contributed by atoms with Gasteiger partial charge in [-0.3, -0.25) is 13.9 Å². The third-order valence-electron chi connectivity index (χ3n) is 3.42. The molecule has 5 nitrogen and oxygen atoms in total. The number of thiophene rings is 1. The molecule has 0 unspecified atom stereocenters. The van der Waals surface area contributed by atoms with Crippen molar-refractivity contribution in [3.8, 4) is 0 Å². The van der Waals surface area contributed by atoms with E-state index in [0.29, 0.717) is 18.0 Å². The quantitative estimate of drug-likeness (QED) is 0.799. The Labute approximate surface area is 125 Å². The van der Waals surface area contributed by atoms with E-state index < -0.39 is 0 Å². The molecule has 3 rings (SSSR count). The van der Waals surface area contributed by atoms with Crippen molar-refractivity contribution in [2.24, 2.45) is 7.05 Å². The SMILES string of the molecule is Cn1c(=O)n(CCNC(=O)c2cccs2)c2ccccc21. The van der Waals surface area contributed by atoms with Gasteiger partial charge < -0.3 is 5.32 Å². The minimum atomic E-state index is -0.0988. The molecule has 0 saturated carbocycles. The van der Waals surface area contributed by atoms with Crippen LogP contribution in [0, 0.1) is 0 Å². The standard InChI is InChI=1S/C15H15N3O2S/c1-17-11-5-2-3-6-12(11)18(15(17)20)9-8-16-14(19)13-7-4-10-21-13/h2-7,10H,8-9H2,1H3,(H,16,19). The fourth-order valence-corrected chi connectivity index (χ4v) is 3.00. The van der Waals surface area contributed by atoms with Crippen LogP contribution in [0.2, 0.25) is 0 Å². The number of hydrogen-bond acceptors (Lipinski definition) is 3. The van der Waals surface area contributed by atoms with E-state index in [1.54, 1.807) is 22.2 Å². The maximum absolute atomic E-state index is 12.2. The van der Waals surface area contributed by atoms with E-state index in [1.165, 1.54) is 11.3 Å². The van der Waals surface area contributed by atoms with Crippen LogP contribution < -0.4 is 11.0 Å². The molecule has 1 aromatic carbocycles. The van der Waals surface area contributed by atoms with E-state index in [-0.39, 0.29) is 11.6 Å². The second-order valence-corrected chi connectivity index (χ2v) is 5.66. The Bertz CT molecular complexity index is 830. The second-order valence-electron chi connectivity index (χ2n) is 4.72. The summed E-state index contributed by atoms with van der Waals surface area (Å²) < 4.78 is 3.31. The van der Waals surface area contributed by atoms with Crippen LogP contribution in [-0.4, -0.2) is 21.6 Å². The predicted octanol–water partition coefficient (Wildman–Crippen LogP) is 1.83. The number of hydrogen-bond donors (Lipinski definition) is 1. The average molecular weight is 301 g/mol. The van der Waals surface area contributed by atoms with Crippen LogP contribution >= 0.6 is 11.3 Å². The van der Waals surface area contributed by atoms with Gasteiger partial charge in [-0.05, 0) is 23.6 Å². The number of carbonyl (C=O) groups excluding carboxylic acids is 1. The minimum Gasteiger partial charge on any atom is -0.350 e. The van der Waals surface area contributed by atoms with E-state index >= 15 is 0 Å². The van der Waals surface area contributed by atoms with Gasteiger partial charge in [-0.15, -0.1) is 11.3 Å². The maximum Gasteiger partial charge on any atom is 0.328 e. The number of nitrogens with zero attached hydrogens (tertiary/aromatic N) is 2. The molecule has 0 atom stereocenters. The van der Waals surface area contributed by atoms with Gasteiger partial charge in [-0.1, -0.05) is 18.2 Å². The van der Waals surface area contributed by atoms with Gasteiger partial charge in [0.25, 0.3) is 5.91 Å². The van der Waals surface area contributed by atoms with Crippen LogP contribution in [0.5, 0.6) is 0 Å². The fraction of sp³-hybridized carbons (Fsp3) is 0.200. The number of amides is 1. The molecule has 0 fully saturated rings. The van der Waals surface area contributed by atoms with Crippen LogP contribution in [0.3, 0.4) is 0 Å². The lowest BCUT2D eigenvalue weighted by Gasteiger charge is -2.05. The van der Waals surface area contributed by atoms with Crippen molar-refractivity contribution in [3.63, 3.8) is 0 Å². The second kappa shape index (κ2) is 5.57. The van der Waals surface area contributed by atoms with Crippen molar-refractivity contribution in [2.75, 3.05) is 6.54 Å². The number of aromatic nitrogens is 2. The molecule has 3 aromatic rings. The molecular formula is C15H15N3O2S. The molecule has 0 spiro atoms. The van der Waals surface area contributed by atoms with Crippen molar-refractivity contribution < 1.29 is 4.79 Å². The van der Waals surface area contributed by atoms with Crippen molar-refractivity contribution >= 4 is 28.3 Å². The molecule has 2 aromatic heterocycles. The lowest BCUT2D eigenvalue weighted by molar-refractivity contribution is 0.0956. The number of carbonyl (C=O) groups is 1. The summed E-state index contributed by atoms with van der Waals surface area (Å²) in [4.78, 5) is 24.7. The molecule has 21 heavy (non-hydrogen) atoms. The normalized spacial score (nSPS) is 10.9. The number of benzene rings is 1. The molecule has 0 aliphatic rings. The average Bonchev–Trinajstić information content (AvgIpc) is 3.11. The Morgan fingerprint density at radius 3 is 2.67 bits per heavy atom. The Kier molecular flexibility index (Phi) is 3.62. The highest BCUT2D eigenvalue weighted by molar-refractivity contribution is 7.12. The summed E-state index contributed by atoms with van der Waals surface area (Å²) in [6.45, 7) is 0.877. The highest BCUT2D eigenvalue weighted by Gasteiger charge is 2.10. The van der Waals surface area contributed by atoms with E-state index in [1.807, 2.05) is 35.7 Å². The highest BCUT2D eigenvalue weighted by atomic mass is 32.1. The lowest BCUT2D eigenvalue weighted by Crippen LogP contribution is -2.30. The van der Waals surface area contributed by atoms with Crippen LogP contribution in [-0.2, 0) is 13.6 Å². The van der Waals surface area contributed by atoms with Crippen LogP contribution in [0.15, 0.2) is 46.6 Å². The smallest absolute Gasteiger partial charge is 0.328 e. The third kappa shape index (κ3) is 2.50. The Hall–Kier alpha value is -2.34. The third-order valence-corrected chi connectivity index (χ3v) is 4.29. The molecule has 1 amide bonds. The molecule has 108 valence electrons. The first-order valence-corrected chi connectivity index (χ1v) is 7.52. The molecule has 1 N–H and O–H groups in total. The van der Waals surface area contributed by atoms with E-state index in [0.717, 1.165) is 11.0 Å². The van der Waals surface area contributed by atoms with Gasteiger partial charge in [-0.25, -0.2) is 4.79 Å². The number of rotatable bonds is 4. The van der Waals surface area contributed by atoms with Gasteiger partial charge in [0.2, 0.25) is 0 Å². The first-order valence-electron chi connectivity index (χ1n) is 6.64. The minimum absolute atomic E-state index is 0.0680. The molecular weight excluding hydrogens is 286 g/mol. The summed E-state index contributed by atoms with van der Waals surface area (Å²) >= 11 is 1.40. The first-order chi connectivity index (χ1) is 10.2. The Morgan fingerprint density at radius 1 is 1.19 bits per heavy atom. The number of nitrogens with one attached hydrogen (secondary N) is 1. The summed E-state index contributed by atoms with van der Waals surface area (Å²) in [6, 6.07) is 11.3. The molecule has 6 heteroatoms.